The largest absolute Gasteiger partial charge is 0.480 e. The number of carboxylic acid groups (broad SMARTS) is 1. The molecule has 0 heterocycles. The molecule has 1 atom stereocenters. The number of amides is 1. The Bertz CT molecular complexity index is 161. The molecule has 5 nitrogen and oxygen atoms in total. The lowest BCUT2D eigenvalue weighted by Crippen LogP contribution is -2.43. The molecule has 0 bridgehead atoms. The van der Waals surface area contributed by atoms with Gasteiger partial charge in [-0.3, -0.25) is 4.79 Å². The summed E-state index contributed by atoms with van der Waals surface area (Å²) in [6.07, 6.45) is 0. The first-order valence-electron chi connectivity index (χ1n) is 2.85. The molecule has 0 rings (SSSR count). The van der Waals surface area contributed by atoms with E-state index >= 15 is 0 Å². The molecule has 6 heteroatoms. The van der Waals surface area contributed by atoms with E-state index in [2.05, 4.69) is 17.9 Å². The van der Waals surface area contributed by atoms with E-state index in [1.807, 2.05) is 0 Å². The van der Waals surface area contributed by atoms with E-state index in [4.69, 9.17) is 10.2 Å². The molecule has 0 aliphatic heterocycles. The molecule has 0 fully saturated rings. The van der Waals surface area contributed by atoms with Crippen LogP contribution in [0, 0.1) is 0 Å². The Morgan fingerprint density at radius 2 is 2.09 bits per heavy atom. The lowest BCUT2D eigenvalue weighted by molar-refractivity contribution is -0.141. The maximum atomic E-state index is 10.4. The molecule has 0 aromatic carbocycles. The molecule has 0 saturated carbocycles. The number of carbonyl (C=O) groups excluding carboxylic acids is 1. The highest BCUT2D eigenvalue weighted by molar-refractivity contribution is 7.80. The zero-order valence-electron chi connectivity index (χ0n) is 5.65. The molecule has 3 N–H and O–H groups in total. The number of hydrogen-bond acceptors (Lipinski definition) is 4. The summed E-state index contributed by atoms with van der Waals surface area (Å²) in [5.74, 6) is -1.88. The second kappa shape index (κ2) is 4.97. The van der Waals surface area contributed by atoms with Crippen LogP contribution >= 0.6 is 12.6 Å². The van der Waals surface area contributed by atoms with Crippen molar-refractivity contribution >= 4 is 24.5 Å². The minimum absolute atomic E-state index is 0.00106. The second-order valence-corrected chi connectivity index (χ2v) is 2.16. The minimum atomic E-state index is -1.16. The lowest BCUT2D eigenvalue weighted by atomic mass is 10.3. The van der Waals surface area contributed by atoms with Gasteiger partial charge in [0.15, 0.2) is 0 Å². The Kier molecular flexibility index (Phi) is 4.64. The predicted molar refractivity (Wildman–Crippen MR) is 40.5 cm³/mol. The van der Waals surface area contributed by atoms with Crippen molar-refractivity contribution in [2.24, 2.45) is 0 Å². The van der Waals surface area contributed by atoms with Gasteiger partial charge in [-0.25, -0.2) is 4.79 Å². The quantitative estimate of drug-likeness (QED) is 0.395. The van der Waals surface area contributed by atoms with E-state index in [0.717, 1.165) is 0 Å². The molecule has 0 aromatic heterocycles. The summed E-state index contributed by atoms with van der Waals surface area (Å²) >= 11 is 3.69. The van der Waals surface area contributed by atoms with Crippen LogP contribution in [0.3, 0.4) is 0 Å². The van der Waals surface area contributed by atoms with E-state index in [1.165, 1.54) is 0 Å². The van der Waals surface area contributed by atoms with Crippen molar-refractivity contribution in [1.29, 1.82) is 0 Å². The van der Waals surface area contributed by atoms with Gasteiger partial charge in [-0.15, -0.1) is 0 Å². The number of carbonyl (C=O) groups is 2. The normalized spacial score (nSPS) is 12.2. The van der Waals surface area contributed by atoms with Gasteiger partial charge in [0.05, 0.1) is 0 Å². The smallest absolute Gasteiger partial charge is 0.327 e. The zero-order chi connectivity index (χ0) is 8.85. The van der Waals surface area contributed by atoms with Crippen molar-refractivity contribution in [2.75, 3.05) is 12.4 Å². The predicted octanol–water partition coefficient (Wildman–Crippen LogP) is -1.52. The Morgan fingerprint density at radius 1 is 1.55 bits per heavy atom. The number of aliphatic hydroxyl groups excluding tert-OH is 1. The topological polar surface area (TPSA) is 86.6 Å². The second-order valence-electron chi connectivity index (χ2n) is 1.80. The number of hydrogen-bond donors (Lipinski definition) is 4. The number of nitrogens with one attached hydrogen (secondary N) is 1. The van der Waals surface area contributed by atoms with Crippen LogP contribution in [-0.2, 0) is 9.59 Å². The summed E-state index contributed by atoms with van der Waals surface area (Å²) in [5.41, 5.74) is 0. The highest BCUT2D eigenvalue weighted by atomic mass is 32.1. The van der Waals surface area contributed by atoms with E-state index in [1.54, 1.807) is 0 Å². The minimum Gasteiger partial charge on any atom is -0.480 e. The van der Waals surface area contributed by atoms with Crippen LogP contribution in [0.2, 0.25) is 0 Å². The Hall–Kier alpha value is -0.750. The van der Waals surface area contributed by atoms with Gasteiger partial charge in [-0.2, -0.15) is 12.6 Å². The number of rotatable bonds is 4. The highest BCUT2D eigenvalue weighted by Crippen LogP contribution is 1.87. The average molecular weight is 179 g/mol. The fourth-order valence-corrected chi connectivity index (χ4v) is 0.673. The van der Waals surface area contributed by atoms with Gasteiger partial charge >= 0.3 is 5.97 Å². The van der Waals surface area contributed by atoms with Gasteiger partial charge in [0.25, 0.3) is 0 Å². The van der Waals surface area contributed by atoms with Gasteiger partial charge in [0.1, 0.15) is 12.6 Å². The first-order chi connectivity index (χ1) is 5.11. The molecule has 64 valence electrons. The Balaban J connectivity index is 3.88. The van der Waals surface area contributed by atoms with Crippen molar-refractivity contribution in [3.05, 3.63) is 0 Å². The van der Waals surface area contributed by atoms with Crippen molar-refractivity contribution in [3.63, 3.8) is 0 Å². The van der Waals surface area contributed by atoms with Gasteiger partial charge in [-0.05, 0) is 0 Å². The Labute approximate surface area is 68.8 Å². The van der Waals surface area contributed by atoms with Gasteiger partial charge in [-0.1, -0.05) is 0 Å². The molecule has 11 heavy (non-hydrogen) atoms. The van der Waals surface area contributed by atoms with Gasteiger partial charge < -0.3 is 15.5 Å². The summed E-state index contributed by atoms with van der Waals surface area (Å²) in [4.78, 5) is 20.7. The molecule has 0 aromatic rings. The van der Waals surface area contributed by atoms with Crippen LogP contribution in [0.15, 0.2) is 0 Å². The van der Waals surface area contributed by atoms with E-state index in [0.29, 0.717) is 0 Å². The average Bonchev–Trinajstić information content (AvgIpc) is 1.99. The van der Waals surface area contributed by atoms with E-state index in [-0.39, 0.29) is 5.75 Å². The van der Waals surface area contributed by atoms with Crippen molar-refractivity contribution in [2.45, 2.75) is 6.04 Å². The fraction of sp³-hybridized carbons (Fsp3) is 0.600. The van der Waals surface area contributed by atoms with Gasteiger partial charge in [0.2, 0.25) is 5.91 Å². The number of carboxylic acids is 1. The van der Waals surface area contributed by atoms with E-state index < -0.39 is 24.5 Å². The van der Waals surface area contributed by atoms with Crippen LogP contribution in [0.1, 0.15) is 0 Å². The molecular formula is C5H9NO4S. The SMILES string of the molecule is O=C(CO)N[C@@H](CS)C(=O)O. The molecule has 0 saturated heterocycles. The van der Waals surface area contributed by atoms with Crippen LogP contribution in [0.4, 0.5) is 0 Å². The van der Waals surface area contributed by atoms with Crippen LogP contribution in [0.5, 0.6) is 0 Å². The first-order valence-corrected chi connectivity index (χ1v) is 3.49. The zero-order valence-corrected chi connectivity index (χ0v) is 6.54. The van der Waals surface area contributed by atoms with E-state index in [9.17, 15) is 9.59 Å². The molecule has 0 unspecified atom stereocenters. The number of thiol groups is 1. The first kappa shape index (κ1) is 10.2. The summed E-state index contributed by atoms with van der Waals surface area (Å²) in [6, 6.07) is -1.03. The van der Waals surface area contributed by atoms with Crippen molar-refractivity contribution in [1.82, 2.24) is 5.32 Å². The van der Waals surface area contributed by atoms with Crippen molar-refractivity contribution < 1.29 is 19.8 Å². The highest BCUT2D eigenvalue weighted by Gasteiger charge is 2.16. The lowest BCUT2D eigenvalue weighted by Gasteiger charge is -2.09. The van der Waals surface area contributed by atoms with Crippen LogP contribution in [-0.4, -0.2) is 40.5 Å². The third-order valence-electron chi connectivity index (χ3n) is 0.959. The number of aliphatic hydroxyl groups is 1. The van der Waals surface area contributed by atoms with Crippen LogP contribution in [0.25, 0.3) is 0 Å². The van der Waals surface area contributed by atoms with Crippen LogP contribution < -0.4 is 5.32 Å². The summed E-state index contributed by atoms with van der Waals surface area (Å²) < 4.78 is 0. The monoisotopic (exact) mass is 179 g/mol. The summed E-state index contributed by atoms with van der Waals surface area (Å²) in [7, 11) is 0. The standard InChI is InChI=1S/C5H9NO4S/c7-1-4(8)6-3(2-11)5(9)10/h3,7,11H,1-2H2,(H,6,8)(H,9,10)/t3-/m0/s1. The third kappa shape index (κ3) is 3.84. The fourth-order valence-electron chi connectivity index (χ4n) is 0.425. The number of aliphatic carboxylic acids is 1. The molecule has 1 amide bonds. The maximum Gasteiger partial charge on any atom is 0.327 e. The molecule has 0 spiro atoms. The van der Waals surface area contributed by atoms with Crippen molar-refractivity contribution in [3.8, 4) is 0 Å². The van der Waals surface area contributed by atoms with Gasteiger partial charge in [0, 0.05) is 5.75 Å². The molecular weight excluding hydrogens is 170 g/mol. The summed E-state index contributed by atoms with van der Waals surface area (Å²) in [6.45, 7) is -0.711. The molecule has 0 aliphatic rings. The molecule has 0 aliphatic carbocycles. The summed E-state index contributed by atoms with van der Waals surface area (Å²) in [5, 5.41) is 18.7. The Morgan fingerprint density at radius 3 is 2.36 bits per heavy atom. The maximum absolute atomic E-state index is 10.4. The third-order valence-corrected chi connectivity index (χ3v) is 1.32. The molecule has 0 radical (unpaired) electrons.